The maximum absolute atomic E-state index is 12.8. The Bertz CT molecular complexity index is 1140. The highest BCUT2D eigenvalue weighted by Crippen LogP contribution is 2.29. The van der Waals surface area contributed by atoms with Gasteiger partial charge in [0, 0.05) is 23.0 Å². The minimum atomic E-state index is -0.615. The molecule has 2 aromatic heterocycles. The van der Waals surface area contributed by atoms with Crippen LogP contribution in [-0.4, -0.2) is 41.8 Å². The van der Waals surface area contributed by atoms with Gasteiger partial charge in [0.25, 0.3) is 0 Å². The number of carbonyl (C=O) groups excluding carboxylic acids is 2. The monoisotopic (exact) mass is 454 g/mol. The molecule has 0 saturated heterocycles. The molecule has 176 valence electrons. The summed E-state index contributed by atoms with van der Waals surface area (Å²) in [4.78, 5) is 25.3. The maximum Gasteiger partial charge on any atom is 0.338 e. The molecular formula is C25H30N2O6. The molecule has 3 rings (SSSR count). The summed E-state index contributed by atoms with van der Waals surface area (Å²) in [6, 6.07) is 8.36. The molecule has 0 atom stereocenters. The quantitative estimate of drug-likeness (QED) is 0.319. The van der Waals surface area contributed by atoms with E-state index in [0.29, 0.717) is 46.9 Å². The molecule has 2 heterocycles. The number of hydrogen-bond acceptors (Lipinski definition) is 7. The van der Waals surface area contributed by atoms with Crippen molar-refractivity contribution in [3.63, 3.8) is 0 Å². The lowest BCUT2D eigenvalue weighted by atomic mass is 10.1. The molecule has 1 aromatic carbocycles. The van der Waals surface area contributed by atoms with Crippen molar-refractivity contribution in [3.05, 3.63) is 58.6 Å². The topological polar surface area (TPSA) is 92.8 Å². The average molecular weight is 455 g/mol. The molecule has 0 saturated carbocycles. The van der Waals surface area contributed by atoms with Crippen molar-refractivity contribution in [1.82, 2.24) is 9.72 Å². The standard InChI is InChI=1S/C25H30N2O6/c1-15(2)9-10-31-22-8-7-19(13-23(22)30-6)25(29)32-14-21(28)20-11-16(3)27(18(20)5)24-12-17(4)33-26-24/h7-8,11-13,15H,9-10,14H2,1-6H3. The van der Waals surface area contributed by atoms with E-state index in [-0.39, 0.29) is 18.0 Å². The van der Waals surface area contributed by atoms with Gasteiger partial charge >= 0.3 is 5.97 Å². The number of nitrogens with zero attached hydrogens (tertiary/aromatic N) is 2. The van der Waals surface area contributed by atoms with E-state index in [4.69, 9.17) is 18.7 Å². The van der Waals surface area contributed by atoms with Gasteiger partial charge in [-0.25, -0.2) is 4.79 Å². The molecule has 0 fully saturated rings. The van der Waals surface area contributed by atoms with Gasteiger partial charge in [-0.1, -0.05) is 19.0 Å². The van der Waals surface area contributed by atoms with Crippen molar-refractivity contribution < 1.29 is 28.3 Å². The van der Waals surface area contributed by atoms with Crippen LogP contribution in [0.25, 0.3) is 5.82 Å². The molecule has 0 N–H and O–H groups in total. The van der Waals surface area contributed by atoms with E-state index in [1.807, 2.05) is 18.4 Å². The first-order valence-electron chi connectivity index (χ1n) is 10.8. The molecule has 0 spiro atoms. The number of aryl methyl sites for hydroxylation is 2. The van der Waals surface area contributed by atoms with E-state index < -0.39 is 5.97 Å². The number of Topliss-reactive ketones (excluding diaryl/α,β-unsaturated/α-hetero) is 1. The minimum absolute atomic E-state index is 0.277. The van der Waals surface area contributed by atoms with Crippen LogP contribution in [0.15, 0.2) is 34.9 Å². The highest BCUT2D eigenvalue weighted by Gasteiger charge is 2.20. The number of hydrogen-bond donors (Lipinski definition) is 0. The van der Waals surface area contributed by atoms with Gasteiger partial charge in [0.2, 0.25) is 5.78 Å². The van der Waals surface area contributed by atoms with Gasteiger partial charge in [0.05, 0.1) is 19.3 Å². The summed E-state index contributed by atoms with van der Waals surface area (Å²) in [5, 5.41) is 4.01. The predicted molar refractivity (Wildman–Crippen MR) is 123 cm³/mol. The van der Waals surface area contributed by atoms with E-state index in [1.165, 1.54) is 7.11 Å². The second kappa shape index (κ2) is 10.4. The fourth-order valence-corrected chi connectivity index (χ4v) is 3.47. The van der Waals surface area contributed by atoms with Crippen molar-refractivity contribution >= 4 is 11.8 Å². The molecule has 0 bridgehead atoms. The molecule has 3 aromatic rings. The Hall–Kier alpha value is -3.55. The normalized spacial score (nSPS) is 11.0. The Morgan fingerprint density at radius 2 is 1.85 bits per heavy atom. The summed E-state index contributed by atoms with van der Waals surface area (Å²) in [7, 11) is 1.51. The van der Waals surface area contributed by atoms with E-state index in [0.717, 1.165) is 12.1 Å². The molecule has 0 unspecified atom stereocenters. The minimum Gasteiger partial charge on any atom is -0.493 e. The van der Waals surface area contributed by atoms with Crippen LogP contribution in [0, 0.1) is 26.7 Å². The molecule has 8 heteroatoms. The summed E-state index contributed by atoms with van der Waals surface area (Å²) in [5.41, 5.74) is 2.27. The van der Waals surface area contributed by atoms with E-state index >= 15 is 0 Å². The lowest BCUT2D eigenvalue weighted by Crippen LogP contribution is -2.15. The Labute approximate surface area is 193 Å². The van der Waals surface area contributed by atoms with Crippen molar-refractivity contribution in [2.75, 3.05) is 20.3 Å². The molecule has 0 radical (unpaired) electrons. The highest BCUT2D eigenvalue weighted by atomic mass is 16.5. The van der Waals surface area contributed by atoms with Crippen LogP contribution in [0.3, 0.4) is 0 Å². The predicted octanol–water partition coefficient (Wildman–Crippen LogP) is 4.86. The Morgan fingerprint density at radius 3 is 2.48 bits per heavy atom. The molecule has 8 nitrogen and oxygen atoms in total. The average Bonchev–Trinajstić information content (AvgIpc) is 3.33. The SMILES string of the molecule is COc1cc(C(=O)OCC(=O)c2cc(C)n(-c3cc(C)on3)c2C)ccc1OCCC(C)C. The second-order valence-corrected chi connectivity index (χ2v) is 8.31. The first-order valence-corrected chi connectivity index (χ1v) is 10.8. The fourth-order valence-electron chi connectivity index (χ4n) is 3.47. The number of esters is 1. The zero-order valence-electron chi connectivity index (χ0n) is 19.9. The van der Waals surface area contributed by atoms with Crippen LogP contribution in [0.1, 0.15) is 58.1 Å². The van der Waals surface area contributed by atoms with E-state index in [2.05, 4.69) is 19.0 Å². The molecule has 0 aliphatic rings. The number of ether oxygens (including phenoxy) is 3. The lowest BCUT2D eigenvalue weighted by molar-refractivity contribution is 0.0474. The second-order valence-electron chi connectivity index (χ2n) is 8.31. The first-order chi connectivity index (χ1) is 15.7. The Morgan fingerprint density at radius 1 is 1.09 bits per heavy atom. The van der Waals surface area contributed by atoms with Gasteiger partial charge in [-0.3, -0.25) is 9.36 Å². The molecule has 0 aliphatic heterocycles. The van der Waals surface area contributed by atoms with Crippen LogP contribution in [0.5, 0.6) is 11.5 Å². The van der Waals surface area contributed by atoms with Crippen LogP contribution >= 0.6 is 0 Å². The number of rotatable bonds is 10. The summed E-state index contributed by atoms with van der Waals surface area (Å²) >= 11 is 0. The number of benzene rings is 1. The Balaban J connectivity index is 1.67. The van der Waals surface area contributed by atoms with Crippen molar-refractivity contribution in [2.24, 2.45) is 5.92 Å². The highest BCUT2D eigenvalue weighted by molar-refractivity contribution is 6.00. The third-order valence-corrected chi connectivity index (χ3v) is 5.26. The number of methoxy groups -OCH3 is 1. The zero-order valence-corrected chi connectivity index (χ0v) is 19.9. The van der Waals surface area contributed by atoms with Crippen LogP contribution in [0.4, 0.5) is 0 Å². The van der Waals surface area contributed by atoms with Gasteiger partial charge in [-0.2, -0.15) is 0 Å². The fraction of sp³-hybridized carbons (Fsp3) is 0.400. The molecule has 0 aliphatic carbocycles. The zero-order chi connectivity index (χ0) is 24.1. The number of ketones is 1. The molecular weight excluding hydrogens is 424 g/mol. The summed E-state index contributed by atoms with van der Waals surface area (Å²) in [5.74, 6) is 1.87. The van der Waals surface area contributed by atoms with Gasteiger partial charge in [-0.15, -0.1) is 0 Å². The number of aromatic nitrogens is 2. The van der Waals surface area contributed by atoms with Crippen LogP contribution in [0.2, 0.25) is 0 Å². The van der Waals surface area contributed by atoms with Crippen LogP contribution < -0.4 is 9.47 Å². The van der Waals surface area contributed by atoms with E-state index in [1.54, 1.807) is 37.3 Å². The molecule has 0 amide bonds. The largest absolute Gasteiger partial charge is 0.493 e. The van der Waals surface area contributed by atoms with E-state index in [9.17, 15) is 9.59 Å². The smallest absolute Gasteiger partial charge is 0.338 e. The third-order valence-electron chi connectivity index (χ3n) is 5.26. The lowest BCUT2D eigenvalue weighted by Gasteiger charge is -2.13. The summed E-state index contributed by atoms with van der Waals surface area (Å²) in [6.45, 7) is 9.90. The third kappa shape index (κ3) is 5.63. The van der Waals surface area contributed by atoms with Crippen molar-refractivity contribution in [1.29, 1.82) is 0 Å². The van der Waals surface area contributed by atoms with Gasteiger partial charge in [0.15, 0.2) is 23.9 Å². The summed E-state index contributed by atoms with van der Waals surface area (Å²) in [6.07, 6.45) is 0.909. The molecule has 33 heavy (non-hydrogen) atoms. The van der Waals surface area contributed by atoms with Crippen molar-refractivity contribution in [2.45, 2.75) is 41.0 Å². The van der Waals surface area contributed by atoms with Gasteiger partial charge in [-0.05, 0) is 57.4 Å². The van der Waals surface area contributed by atoms with Gasteiger partial charge in [0.1, 0.15) is 5.76 Å². The number of carbonyl (C=O) groups is 2. The maximum atomic E-state index is 12.8. The van der Waals surface area contributed by atoms with Crippen molar-refractivity contribution in [3.8, 4) is 17.3 Å². The van der Waals surface area contributed by atoms with Crippen LogP contribution in [-0.2, 0) is 4.74 Å². The first kappa shape index (κ1) is 24.1. The summed E-state index contributed by atoms with van der Waals surface area (Å²) < 4.78 is 23.3. The Kier molecular flexibility index (Phi) is 7.58. The van der Waals surface area contributed by atoms with Gasteiger partial charge < -0.3 is 18.7 Å².